The molecule has 2 saturated heterocycles. The summed E-state index contributed by atoms with van der Waals surface area (Å²) >= 11 is 0. The highest BCUT2D eigenvalue weighted by Gasteiger charge is 2.80. The van der Waals surface area contributed by atoms with E-state index in [0.29, 0.717) is 6.10 Å². The van der Waals surface area contributed by atoms with Gasteiger partial charge in [0.05, 0.1) is 24.9 Å². The van der Waals surface area contributed by atoms with Crippen LogP contribution in [0, 0.1) is 16.7 Å². The molecule has 2 bridgehead atoms. The largest absolute Gasteiger partial charge is 0.392 e. The highest BCUT2D eigenvalue weighted by Crippen LogP contribution is 2.71. The fourth-order valence-electron chi connectivity index (χ4n) is 5.29. The molecular formula is C15H24O3. The average molecular weight is 252 g/mol. The zero-order valence-corrected chi connectivity index (χ0v) is 11.6. The summed E-state index contributed by atoms with van der Waals surface area (Å²) in [5, 5.41) is 10.6. The Hall–Kier alpha value is -0.120. The highest BCUT2D eigenvalue weighted by molar-refractivity contribution is 5.28. The van der Waals surface area contributed by atoms with Crippen molar-refractivity contribution in [1.82, 2.24) is 0 Å². The Morgan fingerprint density at radius 2 is 1.89 bits per heavy atom. The maximum absolute atomic E-state index is 10.6. The van der Waals surface area contributed by atoms with Crippen molar-refractivity contribution in [2.45, 2.75) is 70.4 Å². The molecule has 1 N–H and O–H groups in total. The normalized spacial score (nSPS) is 66.0. The Balaban J connectivity index is 1.82. The lowest BCUT2D eigenvalue weighted by Crippen LogP contribution is -2.64. The molecule has 0 aromatic carbocycles. The molecule has 102 valence electrons. The van der Waals surface area contributed by atoms with Crippen molar-refractivity contribution in [3.05, 3.63) is 0 Å². The smallest absolute Gasteiger partial charge is 0.126 e. The van der Waals surface area contributed by atoms with Crippen LogP contribution in [0.15, 0.2) is 0 Å². The van der Waals surface area contributed by atoms with Crippen LogP contribution in [0.4, 0.5) is 0 Å². The van der Waals surface area contributed by atoms with E-state index < -0.39 is 0 Å². The van der Waals surface area contributed by atoms with Gasteiger partial charge in [0.25, 0.3) is 0 Å². The summed E-state index contributed by atoms with van der Waals surface area (Å²) < 4.78 is 12.2. The standard InChI is InChI=1S/C15H24O3/c1-9-4-5-13(2)11(6-9)18-12-7-10(16)14(13,3)15(12)8-17-15/h9-12,16H,4-8H2,1-3H3/t9-,10-,11-,12?,13+,14-,15?/m1/s1. The number of ether oxygens (including phenoxy) is 2. The molecule has 2 aliphatic heterocycles. The van der Waals surface area contributed by atoms with Gasteiger partial charge in [-0.3, -0.25) is 0 Å². The van der Waals surface area contributed by atoms with E-state index in [9.17, 15) is 5.11 Å². The third-order valence-corrected chi connectivity index (χ3v) is 6.96. The highest BCUT2D eigenvalue weighted by atomic mass is 16.6. The van der Waals surface area contributed by atoms with Crippen LogP contribution < -0.4 is 0 Å². The molecule has 3 nitrogen and oxygen atoms in total. The van der Waals surface area contributed by atoms with Crippen LogP contribution >= 0.6 is 0 Å². The number of epoxide rings is 1. The lowest BCUT2D eigenvalue weighted by Gasteiger charge is -2.59. The van der Waals surface area contributed by atoms with Crippen LogP contribution in [0.2, 0.25) is 0 Å². The van der Waals surface area contributed by atoms with E-state index in [2.05, 4.69) is 20.8 Å². The number of hydrogen-bond acceptors (Lipinski definition) is 3. The van der Waals surface area contributed by atoms with Gasteiger partial charge < -0.3 is 14.6 Å². The minimum atomic E-state index is -0.270. The SMILES string of the molecule is C[C@@H]1CC[C@@]2(C)[C@@H](C1)OC1C[C@@H](O)[C@@]2(C)C12CO2. The Kier molecular flexibility index (Phi) is 2.03. The van der Waals surface area contributed by atoms with Gasteiger partial charge in [-0.1, -0.05) is 20.8 Å². The number of aliphatic hydroxyl groups is 1. The minimum Gasteiger partial charge on any atom is -0.392 e. The Morgan fingerprint density at radius 3 is 2.56 bits per heavy atom. The van der Waals surface area contributed by atoms with Crippen molar-refractivity contribution >= 4 is 0 Å². The molecule has 4 rings (SSSR count). The molecule has 4 fully saturated rings. The van der Waals surface area contributed by atoms with Gasteiger partial charge in [-0.25, -0.2) is 0 Å². The summed E-state index contributed by atoms with van der Waals surface area (Å²) in [5.41, 5.74) is -0.214. The van der Waals surface area contributed by atoms with Gasteiger partial charge in [0, 0.05) is 17.3 Å². The molecule has 3 heteroatoms. The minimum absolute atomic E-state index is 0.0719. The van der Waals surface area contributed by atoms with Crippen LogP contribution in [0.5, 0.6) is 0 Å². The first-order valence-corrected chi connectivity index (χ1v) is 7.41. The number of aliphatic hydroxyl groups excluding tert-OH is 1. The molecule has 2 heterocycles. The lowest BCUT2D eigenvalue weighted by molar-refractivity contribution is -0.232. The molecule has 0 radical (unpaired) electrons. The molecule has 0 aromatic heterocycles. The van der Waals surface area contributed by atoms with Gasteiger partial charge in [-0.05, 0) is 25.2 Å². The quantitative estimate of drug-likeness (QED) is 0.671. The topological polar surface area (TPSA) is 42.0 Å². The van der Waals surface area contributed by atoms with E-state index >= 15 is 0 Å². The van der Waals surface area contributed by atoms with Crippen molar-refractivity contribution in [1.29, 1.82) is 0 Å². The first-order chi connectivity index (χ1) is 8.44. The second-order valence-electron chi connectivity index (χ2n) is 7.54. The molecule has 2 aliphatic carbocycles. The molecule has 2 saturated carbocycles. The predicted octanol–water partition coefficient (Wildman–Crippen LogP) is 2.12. The fourth-order valence-corrected chi connectivity index (χ4v) is 5.29. The molecule has 18 heavy (non-hydrogen) atoms. The van der Waals surface area contributed by atoms with Gasteiger partial charge in [-0.2, -0.15) is 0 Å². The number of hydrogen-bond donors (Lipinski definition) is 1. The van der Waals surface area contributed by atoms with Crippen LogP contribution in [0.3, 0.4) is 0 Å². The van der Waals surface area contributed by atoms with Gasteiger partial charge in [0.1, 0.15) is 5.60 Å². The Bertz CT molecular complexity index is 391. The van der Waals surface area contributed by atoms with Crippen LogP contribution in [0.25, 0.3) is 0 Å². The van der Waals surface area contributed by atoms with Gasteiger partial charge >= 0.3 is 0 Å². The molecule has 4 aliphatic rings. The maximum Gasteiger partial charge on any atom is 0.126 e. The zero-order chi connectivity index (χ0) is 12.8. The Labute approximate surface area is 109 Å². The van der Waals surface area contributed by atoms with Crippen LogP contribution in [0.1, 0.15) is 46.5 Å². The maximum atomic E-state index is 10.6. The average Bonchev–Trinajstić information content (AvgIpc) is 3.08. The third kappa shape index (κ3) is 1.01. The van der Waals surface area contributed by atoms with Gasteiger partial charge in [-0.15, -0.1) is 0 Å². The summed E-state index contributed by atoms with van der Waals surface area (Å²) in [7, 11) is 0. The van der Waals surface area contributed by atoms with Crippen molar-refractivity contribution < 1.29 is 14.6 Å². The van der Waals surface area contributed by atoms with Crippen molar-refractivity contribution in [2.75, 3.05) is 6.61 Å². The monoisotopic (exact) mass is 252 g/mol. The molecule has 2 unspecified atom stereocenters. The van der Waals surface area contributed by atoms with Crippen LogP contribution in [-0.2, 0) is 9.47 Å². The van der Waals surface area contributed by atoms with E-state index in [4.69, 9.17) is 9.47 Å². The van der Waals surface area contributed by atoms with Crippen molar-refractivity contribution in [3.8, 4) is 0 Å². The molecule has 0 aromatic rings. The van der Waals surface area contributed by atoms with E-state index in [1.165, 1.54) is 6.42 Å². The molecule has 0 amide bonds. The number of rotatable bonds is 0. The summed E-state index contributed by atoms with van der Waals surface area (Å²) in [6.07, 6.45) is 4.48. The first kappa shape index (κ1) is 11.7. The Morgan fingerprint density at radius 1 is 1.17 bits per heavy atom. The van der Waals surface area contributed by atoms with Gasteiger partial charge in [0.2, 0.25) is 0 Å². The fraction of sp³-hybridized carbons (Fsp3) is 1.00. The van der Waals surface area contributed by atoms with Crippen LogP contribution in [-0.4, -0.2) is 35.6 Å². The molecule has 7 atom stereocenters. The summed E-state index contributed by atoms with van der Waals surface area (Å²) in [6.45, 7) is 7.69. The molecular weight excluding hydrogens is 228 g/mol. The lowest BCUT2D eigenvalue weighted by atomic mass is 9.50. The second kappa shape index (κ2) is 3.13. The predicted molar refractivity (Wildman–Crippen MR) is 67.2 cm³/mol. The third-order valence-electron chi connectivity index (χ3n) is 6.96. The first-order valence-electron chi connectivity index (χ1n) is 7.41. The summed E-state index contributed by atoms with van der Waals surface area (Å²) in [4.78, 5) is 0. The second-order valence-corrected chi connectivity index (χ2v) is 7.54. The molecule has 1 spiro atoms. The van der Waals surface area contributed by atoms with E-state index in [1.54, 1.807) is 0 Å². The van der Waals surface area contributed by atoms with E-state index in [1.807, 2.05) is 0 Å². The van der Waals surface area contributed by atoms with Gasteiger partial charge in [0.15, 0.2) is 0 Å². The van der Waals surface area contributed by atoms with Crippen molar-refractivity contribution in [2.24, 2.45) is 16.7 Å². The van der Waals surface area contributed by atoms with Crippen molar-refractivity contribution in [3.63, 3.8) is 0 Å². The van der Waals surface area contributed by atoms with E-state index in [-0.39, 0.29) is 28.6 Å². The van der Waals surface area contributed by atoms with E-state index in [0.717, 1.165) is 31.8 Å². The summed E-state index contributed by atoms with van der Waals surface area (Å²) in [6, 6.07) is 0. The number of fused-ring (bicyclic) bond motifs is 2. The zero-order valence-electron chi connectivity index (χ0n) is 11.6. The summed E-state index contributed by atoms with van der Waals surface area (Å²) in [5.74, 6) is 0.748.